The lowest BCUT2D eigenvalue weighted by Crippen LogP contribution is -2.52. The number of carbonyl (C=O) groups is 3. The minimum atomic E-state index is -0.615. The van der Waals surface area contributed by atoms with Crippen LogP contribution in [0.15, 0.2) is 42.6 Å². The third-order valence-corrected chi connectivity index (χ3v) is 8.39. The second kappa shape index (κ2) is 10.3. The maximum absolute atomic E-state index is 13.0. The van der Waals surface area contributed by atoms with Crippen molar-refractivity contribution >= 4 is 28.6 Å². The van der Waals surface area contributed by atoms with Crippen LogP contribution in [0.4, 0.5) is 0 Å². The molecule has 0 unspecified atom stereocenters. The summed E-state index contributed by atoms with van der Waals surface area (Å²) in [4.78, 5) is 50.1. The fourth-order valence-corrected chi connectivity index (χ4v) is 6.24. The molecule has 3 fully saturated rings. The summed E-state index contributed by atoms with van der Waals surface area (Å²) in [5, 5.41) is 3.39. The summed E-state index contributed by atoms with van der Waals surface area (Å²) in [7, 11) is 0. The van der Waals surface area contributed by atoms with E-state index in [0.29, 0.717) is 31.1 Å². The third kappa shape index (κ3) is 4.82. The van der Waals surface area contributed by atoms with Crippen molar-refractivity contribution in [3.05, 3.63) is 65.1 Å². The van der Waals surface area contributed by atoms with E-state index in [4.69, 9.17) is 14.5 Å². The maximum atomic E-state index is 13.0. The van der Waals surface area contributed by atoms with Gasteiger partial charge in [0.2, 0.25) is 11.8 Å². The van der Waals surface area contributed by atoms with Crippen molar-refractivity contribution in [2.45, 2.75) is 56.8 Å². The smallest absolute Gasteiger partial charge is 0.255 e. The molecule has 1 N–H and O–H groups in total. The molecule has 0 radical (unpaired) electrons. The van der Waals surface area contributed by atoms with Crippen LogP contribution in [0, 0.1) is 0 Å². The van der Waals surface area contributed by atoms with E-state index in [9.17, 15) is 14.4 Å². The van der Waals surface area contributed by atoms with Crippen LogP contribution in [-0.2, 0) is 27.4 Å². The Morgan fingerprint density at radius 3 is 2.85 bits per heavy atom. The predicted octanol–water partition coefficient (Wildman–Crippen LogP) is 2.55. The van der Waals surface area contributed by atoms with Gasteiger partial charge in [0.05, 0.1) is 12.1 Å². The minimum absolute atomic E-state index is 0.0568. The van der Waals surface area contributed by atoms with Crippen molar-refractivity contribution < 1.29 is 23.9 Å². The van der Waals surface area contributed by atoms with Crippen LogP contribution in [0.2, 0.25) is 0 Å². The van der Waals surface area contributed by atoms with E-state index in [0.717, 1.165) is 67.1 Å². The molecule has 0 bridgehead atoms. The Hall–Kier alpha value is -3.89. The molecule has 0 spiro atoms. The van der Waals surface area contributed by atoms with Crippen LogP contribution in [0.3, 0.4) is 0 Å². The average molecular weight is 542 g/mol. The molecular formula is C30H31N5O5. The molecule has 1 aromatic heterocycles. The number of benzene rings is 2. The van der Waals surface area contributed by atoms with Crippen LogP contribution < -0.4 is 10.1 Å². The molecule has 3 saturated heterocycles. The van der Waals surface area contributed by atoms with Gasteiger partial charge in [-0.3, -0.25) is 24.6 Å². The van der Waals surface area contributed by atoms with Crippen molar-refractivity contribution in [2.24, 2.45) is 0 Å². The average Bonchev–Trinajstić information content (AvgIpc) is 3.70. The molecule has 40 heavy (non-hydrogen) atoms. The number of hydrogen-bond acceptors (Lipinski definition) is 8. The number of piperidine rings is 1. The van der Waals surface area contributed by atoms with Gasteiger partial charge in [-0.25, -0.2) is 9.97 Å². The highest BCUT2D eigenvalue weighted by molar-refractivity contribution is 6.05. The molecule has 10 nitrogen and oxygen atoms in total. The molecule has 10 heteroatoms. The van der Waals surface area contributed by atoms with Gasteiger partial charge in [0.15, 0.2) is 0 Å². The number of amides is 3. The molecule has 3 aromatic rings. The third-order valence-electron chi connectivity index (χ3n) is 8.39. The first-order valence-corrected chi connectivity index (χ1v) is 14.0. The number of aromatic nitrogens is 2. The van der Waals surface area contributed by atoms with Crippen molar-refractivity contribution in [1.82, 2.24) is 25.1 Å². The van der Waals surface area contributed by atoms with Gasteiger partial charge < -0.3 is 14.4 Å². The highest BCUT2D eigenvalue weighted by Gasteiger charge is 2.39. The Morgan fingerprint density at radius 2 is 2.00 bits per heavy atom. The van der Waals surface area contributed by atoms with E-state index in [2.05, 4.69) is 33.4 Å². The van der Waals surface area contributed by atoms with E-state index < -0.39 is 11.9 Å². The molecule has 0 saturated carbocycles. The first-order valence-electron chi connectivity index (χ1n) is 14.0. The van der Waals surface area contributed by atoms with E-state index in [1.54, 1.807) is 11.0 Å². The fraction of sp³-hybridized carbons (Fsp3) is 0.433. The second-order valence-electron chi connectivity index (χ2n) is 11.2. The van der Waals surface area contributed by atoms with Gasteiger partial charge in [-0.15, -0.1) is 0 Å². The van der Waals surface area contributed by atoms with E-state index in [-0.39, 0.29) is 24.3 Å². The minimum Gasteiger partial charge on any atom is -0.489 e. The number of ether oxygens (including phenoxy) is 2. The molecule has 3 atom stereocenters. The molecular weight excluding hydrogens is 510 g/mol. The highest BCUT2D eigenvalue weighted by Crippen LogP contribution is 2.31. The number of carbonyl (C=O) groups excluding carboxylic acids is 3. The van der Waals surface area contributed by atoms with Crippen molar-refractivity contribution in [3.8, 4) is 5.75 Å². The number of hydrogen-bond donors (Lipinski definition) is 1. The number of nitrogens with one attached hydrogen (secondary N) is 1. The maximum Gasteiger partial charge on any atom is 0.255 e. The topological polar surface area (TPSA) is 114 Å². The van der Waals surface area contributed by atoms with Gasteiger partial charge in [0, 0.05) is 62.3 Å². The standard InChI is InChI=1S/C30H31N5O5/c36-27-6-5-26(29(37)33-27)35-15-21-12-22(2-3-24(21)30(35)38)40-23-7-9-34(16-23)14-18-1-4-25-20(11-18)13-31-28(32-25)19-8-10-39-17-19/h1-4,11-13,19,23,26H,5-10,14-17H2,(H,33,36,37)/t19-,23-,26-/m0/s1. The second-order valence-corrected chi connectivity index (χ2v) is 11.2. The van der Waals surface area contributed by atoms with Crippen LogP contribution in [0.5, 0.6) is 5.75 Å². The molecule has 2 aromatic carbocycles. The van der Waals surface area contributed by atoms with Crippen LogP contribution in [0.25, 0.3) is 10.9 Å². The number of nitrogens with zero attached hydrogens (tertiary/aromatic N) is 4. The summed E-state index contributed by atoms with van der Waals surface area (Å²) in [5.41, 5.74) is 3.63. The largest absolute Gasteiger partial charge is 0.489 e. The highest BCUT2D eigenvalue weighted by atomic mass is 16.5. The predicted molar refractivity (Wildman–Crippen MR) is 145 cm³/mol. The molecule has 0 aliphatic carbocycles. The molecule has 3 amide bonds. The summed E-state index contributed by atoms with van der Waals surface area (Å²) >= 11 is 0. The summed E-state index contributed by atoms with van der Waals surface area (Å²) in [6.07, 6.45) is 4.48. The molecule has 4 aliphatic heterocycles. The first kappa shape index (κ1) is 25.1. The Bertz CT molecular complexity index is 1500. The molecule has 7 rings (SSSR count). The Morgan fingerprint density at radius 1 is 1.07 bits per heavy atom. The van der Waals surface area contributed by atoms with Crippen LogP contribution in [-0.4, -0.2) is 75.9 Å². The van der Waals surface area contributed by atoms with Crippen LogP contribution in [0.1, 0.15) is 58.9 Å². The van der Waals surface area contributed by atoms with E-state index in [1.807, 2.05) is 18.3 Å². The van der Waals surface area contributed by atoms with Gasteiger partial charge in [-0.05, 0) is 60.7 Å². The summed E-state index contributed by atoms with van der Waals surface area (Å²) in [5.74, 6) is 1.04. The lowest BCUT2D eigenvalue weighted by atomic mass is 10.0. The van der Waals surface area contributed by atoms with Gasteiger partial charge in [0.1, 0.15) is 23.7 Å². The van der Waals surface area contributed by atoms with Gasteiger partial charge in [-0.1, -0.05) is 6.07 Å². The van der Waals surface area contributed by atoms with E-state index >= 15 is 0 Å². The lowest BCUT2D eigenvalue weighted by molar-refractivity contribution is -0.136. The SMILES string of the molecule is O=C1CC[C@H](N2Cc3cc(O[C@H]4CCN(Cc5ccc6nc([C@H]7CCOC7)ncc6c5)C4)ccc3C2=O)C(=O)N1. The Labute approximate surface area is 231 Å². The van der Waals surface area contributed by atoms with E-state index in [1.165, 1.54) is 5.56 Å². The quantitative estimate of drug-likeness (QED) is 0.474. The van der Waals surface area contributed by atoms with Crippen LogP contribution >= 0.6 is 0 Å². The zero-order chi connectivity index (χ0) is 27.2. The molecule has 5 heterocycles. The monoisotopic (exact) mass is 541 g/mol. The molecule has 4 aliphatic rings. The summed E-state index contributed by atoms with van der Waals surface area (Å²) in [6, 6.07) is 11.3. The number of rotatable bonds is 6. The first-order chi connectivity index (χ1) is 19.5. The van der Waals surface area contributed by atoms with Gasteiger partial charge >= 0.3 is 0 Å². The zero-order valence-electron chi connectivity index (χ0n) is 22.2. The summed E-state index contributed by atoms with van der Waals surface area (Å²) < 4.78 is 11.8. The number of fused-ring (bicyclic) bond motifs is 2. The Balaban J connectivity index is 0.965. The number of imide groups is 1. The van der Waals surface area contributed by atoms with Crippen molar-refractivity contribution in [2.75, 3.05) is 26.3 Å². The number of likely N-dealkylation sites (tertiary alicyclic amines) is 1. The molecule has 206 valence electrons. The Kier molecular flexibility index (Phi) is 6.44. The van der Waals surface area contributed by atoms with Crippen molar-refractivity contribution in [1.29, 1.82) is 0 Å². The van der Waals surface area contributed by atoms with Gasteiger partial charge in [0.25, 0.3) is 5.91 Å². The van der Waals surface area contributed by atoms with Gasteiger partial charge in [-0.2, -0.15) is 0 Å². The lowest BCUT2D eigenvalue weighted by Gasteiger charge is -2.29. The normalized spacial score (nSPS) is 25.1. The van der Waals surface area contributed by atoms with Crippen molar-refractivity contribution in [3.63, 3.8) is 0 Å². The fourth-order valence-electron chi connectivity index (χ4n) is 6.24. The summed E-state index contributed by atoms with van der Waals surface area (Å²) in [6.45, 7) is 4.40. The zero-order valence-corrected chi connectivity index (χ0v) is 22.2.